The molecule has 0 fully saturated rings. The fraction of sp³-hybridized carbons (Fsp3) is 0.0345. The molecule has 6 aromatic rings. The lowest BCUT2D eigenvalue weighted by Gasteiger charge is -2.04. The Morgan fingerprint density at radius 1 is 0.743 bits per heavy atom. The summed E-state index contributed by atoms with van der Waals surface area (Å²) in [6.07, 6.45) is 1.42. The number of aromatic nitrogens is 3. The number of Topliss-reactive ketones (excluding diaryl/α,β-unsaturated/α-hetero) is 2. The molecule has 0 N–H and O–H groups in total. The number of fused-ring (bicyclic) bond motifs is 4. The van der Waals surface area contributed by atoms with Crippen molar-refractivity contribution >= 4 is 50.5 Å². The van der Waals surface area contributed by atoms with E-state index in [1.165, 1.54) is 6.08 Å². The summed E-state index contributed by atoms with van der Waals surface area (Å²) in [5, 5.41) is 4.11. The Morgan fingerprint density at radius 3 is 1.97 bits per heavy atom. The van der Waals surface area contributed by atoms with Crippen molar-refractivity contribution in [3.63, 3.8) is 0 Å². The van der Waals surface area contributed by atoms with Gasteiger partial charge >= 0.3 is 0 Å². The molecule has 35 heavy (non-hydrogen) atoms. The van der Waals surface area contributed by atoms with E-state index in [0.717, 1.165) is 32.9 Å². The molecule has 6 nitrogen and oxygen atoms in total. The summed E-state index contributed by atoms with van der Waals surface area (Å²) in [6.45, 7) is 0. The van der Waals surface area contributed by atoms with E-state index in [1.807, 2.05) is 54.1 Å². The van der Waals surface area contributed by atoms with Crippen LogP contribution in [0.25, 0.3) is 50.4 Å². The number of hydrogen-bond donors (Lipinski definition) is 0. The summed E-state index contributed by atoms with van der Waals surface area (Å²) in [5.41, 5.74) is 2.71. The lowest BCUT2D eigenvalue weighted by molar-refractivity contribution is 0.0990. The minimum Gasteiger partial charge on any atom is -0.417 e. The number of imidazole rings is 1. The standard InChI is InChI=1S/C29H17N3O3/c1-32-27(20-11-10-16-6-2-3-7-17(16)12-20)31-29-28(32)30-24(35-29)15-23-25(33)21-13-18-8-4-5-9-19(18)14-22(21)26(23)34/h2-15H,1H3. The molecule has 0 unspecified atom stereocenters. The second kappa shape index (κ2) is 7.08. The van der Waals surface area contributed by atoms with E-state index in [2.05, 4.69) is 34.2 Å². The van der Waals surface area contributed by atoms with Crippen LogP contribution in [-0.4, -0.2) is 26.1 Å². The highest BCUT2D eigenvalue weighted by Gasteiger charge is 2.34. The fourth-order valence-electron chi connectivity index (χ4n) is 4.79. The Bertz CT molecular complexity index is 1850. The molecule has 166 valence electrons. The highest BCUT2D eigenvalue weighted by molar-refractivity contribution is 6.42. The highest BCUT2D eigenvalue weighted by atomic mass is 16.4. The zero-order valence-corrected chi connectivity index (χ0v) is 18.6. The van der Waals surface area contributed by atoms with E-state index >= 15 is 0 Å². The first-order chi connectivity index (χ1) is 17.1. The molecule has 2 heterocycles. The highest BCUT2D eigenvalue weighted by Crippen LogP contribution is 2.32. The number of oxazole rings is 1. The van der Waals surface area contributed by atoms with Gasteiger partial charge in [-0.2, -0.15) is 9.97 Å². The van der Waals surface area contributed by atoms with Crippen molar-refractivity contribution in [3.8, 4) is 11.4 Å². The van der Waals surface area contributed by atoms with Crippen LogP contribution in [0.2, 0.25) is 0 Å². The van der Waals surface area contributed by atoms with Gasteiger partial charge in [0.05, 0.1) is 5.57 Å². The quantitative estimate of drug-likeness (QED) is 0.236. The minimum absolute atomic E-state index is 0.0524. The molecule has 0 saturated carbocycles. The molecule has 0 amide bonds. The second-order valence-corrected chi connectivity index (χ2v) is 8.70. The zero-order valence-electron chi connectivity index (χ0n) is 18.6. The molecule has 6 heteroatoms. The number of benzene rings is 4. The van der Waals surface area contributed by atoms with Gasteiger partial charge in [-0.25, -0.2) is 0 Å². The molecule has 0 radical (unpaired) electrons. The first-order valence-corrected chi connectivity index (χ1v) is 11.2. The van der Waals surface area contributed by atoms with Gasteiger partial charge in [-0.05, 0) is 39.7 Å². The summed E-state index contributed by atoms with van der Waals surface area (Å²) in [7, 11) is 1.87. The number of ketones is 2. The van der Waals surface area contributed by atoms with Gasteiger partial charge < -0.3 is 8.98 Å². The third-order valence-corrected chi connectivity index (χ3v) is 6.59. The van der Waals surface area contributed by atoms with E-state index in [0.29, 0.717) is 22.5 Å². The largest absolute Gasteiger partial charge is 0.417 e. The number of carbonyl (C=O) groups is 2. The van der Waals surface area contributed by atoms with Crippen LogP contribution in [0.4, 0.5) is 0 Å². The van der Waals surface area contributed by atoms with Crippen LogP contribution in [0.3, 0.4) is 0 Å². The molecule has 4 aromatic carbocycles. The van der Waals surface area contributed by atoms with E-state index in [-0.39, 0.29) is 23.0 Å². The van der Waals surface area contributed by atoms with E-state index in [1.54, 1.807) is 12.1 Å². The van der Waals surface area contributed by atoms with Gasteiger partial charge in [-0.15, -0.1) is 0 Å². The van der Waals surface area contributed by atoms with Crippen molar-refractivity contribution in [1.82, 2.24) is 14.5 Å². The summed E-state index contributed by atoms with van der Waals surface area (Å²) in [4.78, 5) is 35.2. The Morgan fingerprint density at radius 2 is 1.34 bits per heavy atom. The molecule has 0 saturated heterocycles. The maximum atomic E-state index is 13.0. The first-order valence-electron chi connectivity index (χ1n) is 11.2. The van der Waals surface area contributed by atoms with Crippen LogP contribution in [0.15, 0.2) is 88.9 Å². The lowest BCUT2D eigenvalue weighted by atomic mass is 10.0. The third-order valence-electron chi connectivity index (χ3n) is 6.59. The van der Waals surface area contributed by atoms with Gasteiger partial charge in [-0.1, -0.05) is 60.7 Å². The summed E-state index contributed by atoms with van der Waals surface area (Å²) in [5.74, 6) is 0.270. The van der Waals surface area contributed by atoms with Gasteiger partial charge in [0, 0.05) is 29.8 Å². The molecule has 0 atom stereocenters. The Hall–Kier alpha value is -4.84. The number of carbonyl (C=O) groups excluding carboxylic acids is 2. The molecule has 0 aliphatic heterocycles. The van der Waals surface area contributed by atoms with Gasteiger partial charge in [-0.3, -0.25) is 9.59 Å². The van der Waals surface area contributed by atoms with Crippen LogP contribution in [-0.2, 0) is 7.05 Å². The summed E-state index contributed by atoms with van der Waals surface area (Å²) < 4.78 is 7.70. The minimum atomic E-state index is -0.317. The average Bonchev–Trinajstić information content (AvgIpc) is 3.50. The zero-order chi connectivity index (χ0) is 23.7. The molecule has 0 bridgehead atoms. The predicted octanol–water partition coefficient (Wildman–Crippen LogP) is 6.00. The number of hydrogen-bond acceptors (Lipinski definition) is 5. The molecule has 2 aromatic heterocycles. The Balaban J connectivity index is 1.28. The predicted molar refractivity (Wildman–Crippen MR) is 134 cm³/mol. The number of aryl methyl sites for hydroxylation is 1. The maximum Gasteiger partial charge on any atom is 0.267 e. The summed E-state index contributed by atoms with van der Waals surface area (Å²) in [6, 6.07) is 25.5. The SMILES string of the molecule is Cn1c(-c2ccc3ccccc3c2)nc2oc(C=C3C(=O)c4cc5ccccc5cc4C3=O)nc21. The average molecular weight is 455 g/mol. The van der Waals surface area contributed by atoms with Crippen LogP contribution in [0.5, 0.6) is 0 Å². The number of allylic oxidation sites excluding steroid dienone is 1. The van der Waals surface area contributed by atoms with E-state index < -0.39 is 0 Å². The first kappa shape index (κ1) is 19.6. The number of rotatable bonds is 2. The fourth-order valence-corrected chi connectivity index (χ4v) is 4.79. The van der Waals surface area contributed by atoms with Crippen LogP contribution in [0.1, 0.15) is 26.6 Å². The van der Waals surface area contributed by atoms with Crippen LogP contribution < -0.4 is 0 Å². The van der Waals surface area contributed by atoms with E-state index in [9.17, 15) is 9.59 Å². The van der Waals surface area contributed by atoms with Crippen molar-refractivity contribution in [2.45, 2.75) is 0 Å². The normalized spacial score (nSPS) is 13.3. The Labute approximate surface area is 199 Å². The third kappa shape index (κ3) is 2.90. The van der Waals surface area contributed by atoms with Crippen LogP contribution >= 0.6 is 0 Å². The molecule has 7 rings (SSSR count). The second-order valence-electron chi connectivity index (χ2n) is 8.70. The summed E-state index contributed by atoms with van der Waals surface area (Å²) >= 11 is 0. The topological polar surface area (TPSA) is 78.0 Å². The van der Waals surface area contributed by atoms with Gasteiger partial charge in [0.25, 0.3) is 5.71 Å². The van der Waals surface area contributed by atoms with E-state index in [4.69, 9.17) is 4.42 Å². The monoisotopic (exact) mass is 455 g/mol. The van der Waals surface area contributed by atoms with Crippen molar-refractivity contribution in [1.29, 1.82) is 0 Å². The van der Waals surface area contributed by atoms with Gasteiger partial charge in [0.2, 0.25) is 11.5 Å². The van der Waals surface area contributed by atoms with Crippen molar-refractivity contribution in [3.05, 3.63) is 101 Å². The molecule has 0 spiro atoms. The van der Waals surface area contributed by atoms with Crippen molar-refractivity contribution in [2.75, 3.05) is 0 Å². The molecular formula is C29H17N3O3. The molecular weight excluding hydrogens is 438 g/mol. The molecule has 1 aliphatic rings. The van der Waals surface area contributed by atoms with Crippen molar-refractivity contribution in [2.24, 2.45) is 7.05 Å². The van der Waals surface area contributed by atoms with Crippen LogP contribution in [0, 0.1) is 0 Å². The van der Waals surface area contributed by atoms with Gasteiger partial charge in [0.1, 0.15) is 5.82 Å². The maximum absolute atomic E-state index is 13.0. The smallest absolute Gasteiger partial charge is 0.267 e. The Kier molecular flexibility index (Phi) is 3.97. The van der Waals surface area contributed by atoms with Gasteiger partial charge in [0.15, 0.2) is 11.6 Å². The number of nitrogens with zero attached hydrogens (tertiary/aromatic N) is 3. The van der Waals surface area contributed by atoms with Crippen molar-refractivity contribution < 1.29 is 14.0 Å². The lowest BCUT2D eigenvalue weighted by Crippen LogP contribution is -2.00. The molecule has 1 aliphatic carbocycles.